The molecule has 5 heteroatoms. The molecule has 1 amide bonds. The largest absolute Gasteiger partial charge is 0.320 e. The molecule has 0 aliphatic heterocycles. The number of rotatable bonds is 2. The first-order chi connectivity index (χ1) is 7.66. The van der Waals surface area contributed by atoms with Crippen LogP contribution in [0.5, 0.6) is 0 Å². The summed E-state index contributed by atoms with van der Waals surface area (Å²) in [5.41, 5.74) is 0.781. The number of amides is 1. The van der Waals surface area contributed by atoms with E-state index >= 15 is 0 Å². The van der Waals surface area contributed by atoms with E-state index in [1.165, 1.54) is 11.3 Å². The van der Waals surface area contributed by atoms with Crippen molar-refractivity contribution in [2.75, 3.05) is 5.32 Å². The van der Waals surface area contributed by atoms with Crippen LogP contribution in [-0.2, 0) is 0 Å². The molecular formula is C11H7ClINOS. The summed E-state index contributed by atoms with van der Waals surface area (Å²) in [6, 6.07) is 9.02. The average Bonchev–Trinajstić information content (AvgIpc) is 2.75. The minimum Gasteiger partial charge on any atom is -0.320 e. The first kappa shape index (κ1) is 11.9. The van der Waals surface area contributed by atoms with Gasteiger partial charge in [0.1, 0.15) is 0 Å². The Morgan fingerprint density at radius 3 is 2.81 bits per heavy atom. The lowest BCUT2D eigenvalue weighted by Gasteiger charge is -2.06. The van der Waals surface area contributed by atoms with Gasteiger partial charge in [0.2, 0.25) is 0 Å². The van der Waals surface area contributed by atoms with Crippen LogP contribution >= 0.6 is 45.5 Å². The third kappa shape index (κ3) is 2.75. The van der Waals surface area contributed by atoms with E-state index in [4.69, 9.17) is 11.6 Å². The highest BCUT2D eigenvalue weighted by Crippen LogP contribution is 2.23. The zero-order chi connectivity index (χ0) is 11.5. The molecule has 0 unspecified atom stereocenters. The van der Waals surface area contributed by atoms with Crippen molar-refractivity contribution in [3.05, 3.63) is 49.2 Å². The highest BCUT2D eigenvalue weighted by molar-refractivity contribution is 14.1. The zero-order valence-corrected chi connectivity index (χ0v) is 11.8. The first-order valence-electron chi connectivity index (χ1n) is 4.47. The van der Waals surface area contributed by atoms with Crippen molar-refractivity contribution in [1.82, 2.24) is 0 Å². The fourth-order valence-electron chi connectivity index (χ4n) is 1.18. The van der Waals surface area contributed by atoms with Gasteiger partial charge >= 0.3 is 0 Å². The monoisotopic (exact) mass is 363 g/mol. The SMILES string of the molecule is O=C(Nc1ccc(Cl)cc1I)c1cccs1. The van der Waals surface area contributed by atoms with Crippen LogP contribution in [-0.4, -0.2) is 5.91 Å². The molecule has 1 aromatic carbocycles. The van der Waals surface area contributed by atoms with E-state index < -0.39 is 0 Å². The molecule has 0 aliphatic carbocycles. The Kier molecular flexibility index (Phi) is 3.83. The van der Waals surface area contributed by atoms with Gasteiger partial charge in [0.05, 0.1) is 10.6 Å². The minimum absolute atomic E-state index is 0.0877. The Labute approximate surface area is 116 Å². The Morgan fingerprint density at radius 2 is 2.19 bits per heavy atom. The average molecular weight is 364 g/mol. The van der Waals surface area contributed by atoms with E-state index in [1.807, 2.05) is 17.5 Å². The molecule has 2 nitrogen and oxygen atoms in total. The molecule has 2 aromatic rings. The second kappa shape index (κ2) is 5.16. The molecule has 0 saturated carbocycles. The predicted molar refractivity (Wildman–Crippen MR) is 76.4 cm³/mol. The van der Waals surface area contributed by atoms with Crippen LogP contribution in [0.25, 0.3) is 0 Å². The van der Waals surface area contributed by atoms with Gasteiger partial charge in [-0.3, -0.25) is 4.79 Å². The van der Waals surface area contributed by atoms with Gasteiger partial charge in [0.15, 0.2) is 0 Å². The maximum atomic E-state index is 11.8. The Hall–Kier alpha value is -0.590. The molecule has 0 radical (unpaired) electrons. The molecule has 0 bridgehead atoms. The number of nitrogens with one attached hydrogen (secondary N) is 1. The zero-order valence-electron chi connectivity index (χ0n) is 8.04. The Morgan fingerprint density at radius 1 is 1.38 bits per heavy atom. The third-order valence-electron chi connectivity index (χ3n) is 1.92. The van der Waals surface area contributed by atoms with E-state index in [1.54, 1.807) is 18.2 Å². The molecule has 0 aliphatic rings. The summed E-state index contributed by atoms with van der Waals surface area (Å²) in [5.74, 6) is -0.0877. The fourth-order valence-corrected chi connectivity index (χ4v) is 2.81. The van der Waals surface area contributed by atoms with Crippen molar-refractivity contribution >= 4 is 57.1 Å². The van der Waals surface area contributed by atoms with Gasteiger partial charge in [0, 0.05) is 8.59 Å². The summed E-state index contributed by atoms with van der Waals surface area (Å²) in [5, 5.41) is 5.39. The highest BCUT2D eigenvalue weighted by atomic mass is 127. The normalized spacial score (nSPS) is 10.1. The molecule has 0 saturated heterocycles. The van der Waals surface area contributed by atoms with Gasteiger partial charge in [-0.15, -0.1) is 11.3 Å². The molecule has 0 atom stereocenters. The second-order valence-electron chi connectivity index (χ2n) is 3.06. The van der Waals surface area contributed by atoms with Gasteiger partial charge in [-0.25, -0.2) is 0 Å². The topological polar surface area (TPSA) is 29.1 Å². The van der Waals surface area contributed by atoms with Crippen molar-refractivity contribution in [2.24, 2.45) is 0 Å². The lowest BCUT2D eigenvalue weighted by molar-refractivity contribution is 0.103. The minimum atomic E-state index is -0.0877. The fraction of sp³-hybridized carbons (Fsp3) is 0. The number of benzene rings is 1. The molecule has 0 fully saturated rings. The maximum absolute atomic E-state index is 11.8. The number of thiophene rings is 1. The number of hydrogen-bond acceptors (Lipinski definition) is 2. The van der Waals surface area contributed by atoms with Crippen molar-refractivity contribution in [1.29, 1.82) is 0 Å². The second-order valence-corrected chi connectivity index (χ2v) is 5.60. The van der Waals surface area contributed by atoms with Gasteiger partial charge in [0.25, 0.3) is 5.91 Å². The number of hydrogen-bond donors (Lipinski definition) is 1. The standard InChI is InChI=1S/C11H7ClINOS/c12-7-3-4-9(8(13)6-7)14-11(15)10-2-1-5-16-10/h1-6H,(H,14,15). The molecule has 1 heterocycles. The molecule has 2 rings (SSSR count). The molecule has 1 N–H and O–H groups in total. The van der Waals surface area contributed by atoms with E-state index in [2.05, 4.69) is 27.9 Å². The van der Waals surface area contributed by atoms with Gasteiger partial charge < -0.3 is 5.32 Å². The summed E-state index contributed by atoms with van der Waals surface area (Å²) in [4.78, 5) is 12.5. The van der Waals surface area contributed by atoms with Crippen molar-refractivity contribution in [2.45, 2.75) is 0 Å². The van der Waals surface area contributed by atoms with Crippen LogP contribution in [0, 0.1) is 3.57 Å². The number of anilines is 1. The van der Waals surface area contributed by atoms with E-state index in [-0.39, 0.29) is 5.91 Å². The third-order valence-corrected chi connectivity index (χ3v) is 3.92. The Balaban J connectivity index is 2.18. The van der Waals surface area contributed by atoms with Gasteiger partial charge in [-0.2, -0.15) is 0 Å². The van der Waals surface area contributed by atoms with Crippen molar-refractivity contribution in [3.63, 3.8) is 0 Å². The van der Waals surface area contributed by atoms with Crippen LogP contribution in [0.2, 0.25) is 5.02 Å². The van der Waals surface area contributed by atoms with Crippen LogP contribution in [0.1, 0.15) is 9.67 Å². The smallest absolute Gasteiger partial charge is 0.265 e. The number of carbonyl (C=O) groups is 1. The number of carbonyl (C=O) groups excluding carboxylic acids is 1. The molecular weight excluding hydrogens is 357 g/mol. The van der Waals surface area contributed by atoms with Crippen LogP contribution in [0.15, 0.2) is 35.7 Å². The highest BCUT2D eigenvalue weighted by Gasteiger charge is 2.08. The molecule has 0 spiro atoms. The molecule has 16 heavy (non-hydrogen) atoms. The summed E-state index contributed by atoms with van der Waals surface area (Å²) in [6.07, 6.45) is 0. The van der Waals surface area contributed by atoms with E-state index in [9.17, 15) is 4.79 Å². The van der Waals surface area contributed by atoms with Crippen molar-refractivity contribution < 1.29 is 4.79 Å². The van der Waals surface area contributed by atoms with E-state index in [0.717, 1.165) is 9.26 Å². The van der Waals surface area contributed by atoms with Crippen LogP contribution < -0.4 is 5.32 Å². The van der Waals surface area contributed by atoms with Crippen LogP contribution in [0.3, 0.4) is 0 Å². The summed E-state index contributed by atoms with van der Waals surface area (Å²) in [7, 11) is 0. The lowest BCUT2D eigenvalue weighted by Crippen LogP contribution is -2.10. The quantitative estimate of drug-likeness (QED) is 0.794. The summed E-state index contributed by atoms with van der Waals surface area (Å²) >= 11 is 9.40. The number of halogens is 2. The van der Waals surface area contributed by atoms with Gasteiger partial charge in [-0.05, 0) is 52.2 Å². The maximum Gasteiger partial charge on any atom is 0.265 e. The summed E-state index contributed by atoms with van der Waals surface area (Å²) in [6.45, 7) is 0. The lowest BCUT2D eigenvalue weighted by atomic mass is 10.3. The Bertz CT molecular complexity index is 513. The molecule has 82 valence electrons. The summed E-state index contributed by atoms with van der Waals surface area (Å²) < 4.78 is 0.926. The van der Waals surface area contributed by atoms with Crippen LogP contribution in [0.4, 0.5) is 5.69 Å². The predicted octanol–water partition coefficient (Wildman–Crippen LogP) is 4.26. The van der Waals surface area contributed by atoms with Gasteiger partial charge in [-0.1, -0.05) is 17.7 Å². The molecule has 1 aromatic heterocycles. The van der Waals surface area contributed by atoms with E-state index in [0.29, 0.717) is 9.90 Å². The van der Waals surface area contributed by atoms with Crippen molar-refractivity contribution in [3.8, 4) is 0 Å². The first-order valence-corrected chi connectivity index (χ1v) is 6.80.